The average molecular weight is 732 g/mol. The van der Waals surface area contributed by atoms with E-state index in [1.807, 2.05) is 84.9 Å². The molecule has 2 N–H and O–H groups in total. The number of ether oxygens (including phenoxy) is 6. The van der Waals surface area contributed by atoms with Crippen LogP contribution >= 0.6 is 0 Å². The molecule has 6 aromatic rings. The van der Waals surface area contributed by atoms with Gasteiger partial charge in [0.1, 0.15) is 41.7 Å². The third kappa shape index (κ3) is 7.27. The van der Waals surface area contributed by atoms with E-state index in [9.17, 15) is 9.90 Å². The van der Waals surface area contributed by atoms with Crippen molar-refractivity contribution in [3.8, 4) is 11.5 Å². The standard InChI is InChI=1S/C41H41N5O8/c1-49-22-23-52-36-35(47)33(54-40(36)46-26-44-34-37(42-25-43-38(34)46)45-39(48)27-10-6-4-7-11-27)24-53-41(28-12-8-5-9-13-28,29-14-18-31(50-2)19-15-29)30-16-20-32(51-3)21-17-30/h4-21,25-26,33,35-36,40,47H,22-24H2,1-3H3,(H,42,43,45,48)/t33-,35-,36-,40+/m1/s1. The Labute approximate surface area is 312 Å². The van der Waals surface area contributed by atoms with Crippen LogP contribution in [0.1, 0.15) is 33.3 Å². The number of anilines is 1. The molecule has 0 spiro atoms. The molecule has 0 radical (unpaired) electrons. The van der Waals surface area contributed by atoms with Crippen LogP contribution in [0, 0.1) is 0 Å². The molecule has 0 saturated carbocycles. The van der Waals surface area contributed by atoms with Gasteiger partial charge in [-0.15, -0.1) is 0 Å². The Hall–Kier alpha value is -5.70. The fourth-order valence-electron chi connectivity index (χ4n) is 6.71. The SMILES string of the molecule is COCCO[C@@H]1[C@H](O)[C@@H](COC(c2ccccc2)(c2ccc(OC)cc2)c2ccc(OC)cc2)O[C@@H]1n1cnc2c(NC(=O)c3ccccc3)ncnc21. The Kier molecular flexibility index (Phi) is 11.2. The molecule has 1 saturated heterocycles. The summed E-state index contributed by atoms with van der Waals surface area (Å²) in [5.41, 5.74) is 2.57. The van der Waals surface area contributed by atoms with Gasteiger partial charge in [0.2, 0.25) is 0 Å². The molecule has 3 heterocycles. The molecule has 1 aliphatic rings. The highest BCUT2D eigenvalue weighted by Gasteiger charge is 2.48. The van der Waals surface area contributed by atoms with Crippen LogP contribution in [0.15, 0.2) is 122 Å². The third-order valence-electron chi connectivity index (χ3n) is 9.45. The van der Waals surface area contributed by atoms with E-state index in [0.29, 0.717) is 34.8 Å². The summed E-state index contributed by atoms with van der Waals surface area (Å²) in [6, 6.07) is 34.1. The van der Waals surface area contributed by atoms with Gasteiger partial charge in [0.15, 0.2) is 23.2 Å². The summed E-state index contributed by atoms with van der Waals surface area (Å²) in [4.78, 5) is 26.3. The maximum atomic E-state index is 13.0. The molecule has 13 nitrogen and oxygen atoms in total. The van der Waals surface area contributed by atoms with Gasteiger partial charge in [-0.1, -0.05) is 72.8 Å². The fourth-order valence-corrected chi connectivity index (χ4v) is 6.71. The van der Waals surface area contributed by atoms with Crippen LogP contribution in [0.3, 0.4) is 0 Å². The summed E-state index contributed by atoms with van der Waals surface area (Å²) in [6.07, 6.45) is -0.866. The Morgan fingerprint density at radius 3 is 2.02 bits per heavy atom. The highest BCUT2D eigenvalue weighted by atomic mass is 16.6. The van der Waals surface area contributed by atoms with Crippen molar-refractivity contribution < 1.29 is 38.3 Å². The second kappa shape index (κ2) is 16.5. The van der Waals surface area contributed by atoms with Crippen LogP contribution in [0.2, 0.25) is 0 Å². The van der Waals surface area contributed by atoms with Crippen LogP contribution in [-0.4, -0.2) is 90.0 Å². The van der Waals surface area contributed by atoms with E-state index in [-0.39, 0.29) is 24.9 Å². The maximum absolute atomic E-state index is 13.0. The molecule has 4 atom stereocenters. The van der Waals surface area contributed by atoms with Crippen molar-refractivity contribution in [1.29, 1.82) is 0 Å². The van der Waals surface area contributed by atoms with Crippen molar-refractivity contribution in [1.82, 2.24) is 19.5 Å². The molecule has 1 aliphatic heterocycles. The minimum absolute atomic E-state index is 0.0469. The summed E-state index contributed by atoms with van der Waals surface area (Å²) in [7, 11) is 4.82. The number of imidazole rings is 1. The highest BCUT2D eigenvalue weighted by molar-refractivity contribution is 6.06. The molecule has 278 valence electrons. The predicted octanol–water partition coefficient (Wildman–Crippen LogP) is 5.39. The van der Waals surface area contributed by atoms with E-state index in [1.165, 1.54) is 12.7 Å². The van der Waals surface area contributed by atoms with Crippen molar-refractivity contribution in [2.45, 2.75) is 30.1 Å². The minimum Gasteiger partial charge on any atom is -0.497 e. The van der Waals surface area contributed by atoms with Crippen LogP contribution in [0.5, 0.6) is 11.5 Å². The van der Waals surface area contributed by atoms with Crippen LogP contribution in [-0.2, 0) is 24.5 Å². The van der Waals surface area contributed by atoms with Gasteiger partial charge in [0.05, 0.1) is 40.4 Å². The second-order valence-corrected chi connectivity index (χ2v) is 12.6. The number of aliphatic hydroxyl groups excluding tert-OH is 1. The number of hydrogen-bond donors (Lipinski definition) is 2. The van der Waals surface area contributed by atoms with E-state index < -0.39 is 30.1 Å². The van der Waals surface area contributed by atoms with Crippen molar-refractivity contribution in [3.05, 3.63) is 144 Å². The summed E-state index contributed by atoms with van der Waals surface area (Å²) in [6.45, 7) is 0.442. The number of nitrogens with zero attached hydrogens (tertiary/aromatic N) is 4. The molecular formula is C41H41N5O8. The van der Waals surface area contributed by atoms with Crippen LogP contribution in [0.25, 0.3) is 11.2 Å². The first-order chi connectivity index (χ1) is 26.5. The lowest BCUT2D eigenvalue weighted by atomic mass is 9.80. The number of aromatic nitrogens is 4. The van der Waals surface area contributed by atoms with Gasteiger partial charge in [-0.05, 0) is 53.1 Å². The molecule has 7 rings (SSSR count). The first kappa shape index (κ1) is 36.6. The number of carbonyl (C=O) groups is 1. The fraction of sp³-hybridized carbons (Fsp3) is 0.268. The monoisotopic (exact) mass is 731 g/mol. The number of benzene rings is 4. The zero-order valence-electron chi connectivity index (χ0n) is 30.1. The van der Waals surface area contributed by atoms with Gasteiger partial charge in [-0.2, -0.15) is 0 Å². The zero-order chi connectivity index (χ0) is 37.5. The van der Waals surface area contributed by atoms with Gasteiger partial charge in [-0.3, -0.25) is 9.36 Å². The summed E-state index contributed by atoms with van der Waals surface area (Å²) < 4.78 is 37.8. The number of aliphatic hydroxyl groups is 1. The Morgan fingerprint density at radius 2 is 1.41 bits per heavy atom. The molecule has 0 aliphatic carbocycles. The van der Waals surface area contributed by atoms with E-state index in [1.54, 1.807) is 50.2 Å². The largest absolute Gasteiger partial charge is 0.497 e. The van der Waals surface area contributed by atoms with Crippen molar-refractivity contribution >= 4 is 22.9 Å². The van der Waals surface area contributed by atoms with E-state index in [0.717, 1.165) is 16.7 Å². The van der Waals surface area contributed by atoms with Gasteiger partial charge >= 0.3 is 0 Å². The molecule has 0 unspecified atom stereocenters. The molecule has 1 fully saturated rings. The normalized spacial score (nSPS) is 18.4. The number of rotatable bonds is 15. The topological polar surface area (TPSA) is 148 Å². The lowest BCUT2D eigenvalue weighted by Crippen LogP contribution is -2.40. The lowest BCUT2D eigenvalue weighted by molar-refractivity contribution is -0.0970. The maximum Gasteiger partial charge on any atom is 0.256 e. The summed E-state index contributed by atoms with van der Waals surface area (Å²) >= 11 is 0. The van der Waals surface area contributed by atoms with E-state index in [2.05, 4.69) is 20.3 Å². The lowest BCUT2D eigenvalue weighted by Gasteiger charge is -2.37. The van der Waals surface area contributed by atoms with Gasteiger partial charge in [0, 0.05) is 12.7 Å². The predicted molar refractivity (Wildman–Crippen MR) is 200 cm³/mol. The van der Waals surface area contributed by atoms with Crippen molar-refractivity contribution in [2.75, 3.05) is 46.5 Å². The number of hydrogen-bond acceptors (Lipinski definition) is 11. The second-order valence-electron chi connectivity index (χ2n) is 12.6. The Balaban J connectivity index is 1.24. The Morgan fingerprint density at radius 1 is 0.796 bits per heavy atom. The first-order valence-corrected chi connectivity index (χ1v) is 17.4. The molecule has 13 heteroatoms. The zero-order valence-corrected chi connectivity index (χ0v) is 30.1. The smallest absolute Gasteiger partial charge is 0.256 e. The Bertz CT molecular complexity index is 2080. The first-order valence-electron chi connectivity index (χ1n) is 17.4. The van der Waals surface area contributed by atoms with E-state index in [4.69, 9.17) is 28.4 Å². The number of carbonyl (C=O) groups excluding carboxylic acids is 1. The molecular weight excluding hydrogens is 690 g/mol. The number of fused-ring (bicyclic) bond motifs is 1. The number of methoxy groups -OCH3 is 3. The molecule has 4 aromatic carbocycles. The number of amides is 1. The minimum atomic E-state index is -1.14. The number of nitrogens with one attached hydrogen (secondary N) is 1. The third-order valence-corrected chi connectivity index (χ3v) is 9.45. The highest BCUT2D eigenvalue weighted by Crippen LogP contribution is 2.43. The van der Waals surface area contributed by atoms with E-state index >= 15 is 0 Å². The van der Waals surface area contributed by atoms with Crippen molar-refractivity contribution in [3.63, 3.8) is 0 Å². The van der Waals surface area contributed by atoms with Gasteiger partial charge < -0.3 is 38.8 Å². The summed E-state index contributed by atoms with van der Waals surface area (Å²) in [5, 5.41) is 14.7. The van der Waals surface area contributed by atoms with Crippen LogP contribution < -0.4 is 14.8 Å². The quantitative estimate of drug-likeness (QED) is 0.103. The molecule has 0 bridgehead atoms. The molecule has 1 amide bonds. The summed E-state index contributed by atoms with van der Waals surface area (Å²) in [5.74, 6) is 1.28. The van der Waals surface area contributed by atoms with Gasteiger partial charge in [0.25, 0.3) is 5.91 Å². The van der Waals surface area contributed by atoms with Crippen molar-refractivity contribution in [2.24, 2.45) is 0 Å². The molecule has 54 heavy (non-hydrogen) atoms. The average Bonchev–Trinajstić information content (AvgIpc) is 3.80. The molecule has 2 aromatic heterocycles. The van der Waals surface area contributed by atoms with Crippen LogP contribution in [0.4, 0.5) is 5.82 Å². The van der Waals surface area contributed by atoms with Gasteiger partial charge in [-0.25, -0.2) is 15.0 Å².